The van der Waals surface area contributed by atoms with Crippen molar-refractivity contribution in [3.05, 3.63) is 53.3 Å². The molecule has 0 saturated carbocycles. The summed E-state index contributed by atoms with van der Waals surface area (Å²) in [4.78, 5) is 16.2. The minimum Gasteiger partial charge on any atom is -0.354 e. The normalized spacial score (nSPS) is 11.8. The summed E-state index contributed by atoms with van der Waals surface area (Å²) in [5.41, 5.74) is 4.76. The van der Waals surface area contributed by atoms with E-state index in [1.54, 1.807) is 12.3 Å². The van der Waals surface area contributed by atoms with Crippen LogP contribution in [0.4, 0.5) is 11.4 Å². The van der Waals surface area contributed by atoms with Gasteiger partial charge in [-0.3, -0.25) is 4.79 Å². The second-order valence-electron chi connectivity index (χ2n) is 5.66. The van der Waals surface area contributed by atoms with Crippen LogP contribution in [-0.4, -0.2) is 16.9 Å². The number of carbonyl (C=O) groups is 1. The summed E-state index contributed by atoms with van der Waals surface area (Å²) in [6, 6.07) is 10.0. The van der Waals surface area contributed by atoms with Crippen molar-refractivity contribution in [3.63, 3.8) is 0 Å². The second kappa shape index (κ2) is 7.07. The summed E-state index contributed by atoms with van der Waals surface area (Å²) in [6.45, 7) is 8.16. The zero-order valence-electron chi connectivity index (χ0n) is 13.6. The molecule has 0 aliphatic carbocycles. The first-order valence-corrected chi connectivity index (χ1v) is 7.60. The number of anilines is 2. The fourth-order valence-electron chi connectivity index (χ4n) is 2.11. The van der Waals surface area contributed by atoms with Gasteiger partial charge in [0, 0.05) is 11.7 Å². The molecule has 1 atom stereocenters. The number of aromatic nitrogens is 1. The Bertz CT molecular complexity index is 650. The summed E-state index contributed by atoms with van der Waals surface area (Å²) in [7, 11) is 0. The van der Waals surface area contributed by atoms with Crippen molar-refractivity contribution >= 4 is 17.3 Å². The Balaban J connectivity index is 2.07. The number of rotatable bonds is 5. The van der Waals surface area contributed by atoms with E-state index in [1.165, 1.54) is 11.1 Å². The van der Waals surface area contributed by atoms with Crippen molar-refractivity contribution in [1.82, 2.24) is 10.3 Å². The molecular formula is C18H23N3O. The second-order valence-corrected chi connectivity index (χ2v) is 5.66. The van der Waals surface area contributed by atoms with Crippen molar-refractivity contribution in [2.45, 2.75) is 40.2 Å². The molecule has 0 aliphatic heterocycles. The van der Waals surface area contributed by atoms with Crippen molar-refractivity contribution < 1.29 is 4.79 Å². The molecule has 1 unspecified atom stereocenters. The van der Waals surface area contributed by atoms with E-state index in [2.05, 4.69) is 41.6 Å². The van der Waals surface area contributed by atoms with Gasteiger partial charge in [-0.15, -0.1) is 0 Å². The largest absolute Gasteiger partial charge is 0.354 e. The molecule has 0 spiro atoms. The summed E-state index contributed by atoms with van der Waals surface area (Å²) in [5.74, 6) is -0.132. The Morgan fingerprint density at radius 2 is 2.00 bits per heavy atom. The smallest absolute Gasteiger partial charge is 0.270 e. The zero-order valence-corrected chi connectivity index (χ0v) is 13.6. The van der Waals surface area contributed by atoms with Crippen LogP contribution in [-0.2, 0) is 0 Å². The highest BCUT2D eigenvalue weighted by Crippen LogP contribution is 2.21. The minimum absolute atomic E-state index is 0.132. The summed E-state index contributed by atoms with van der Waals surface area (Å²) in [6.07, 6.45) is 2.59. The van der Waals surface area contributed by atoms with Gasteiger partial charge in [-0.25, -0.2) is 4.98 Å². The average Bonchev–Trinajstić information content (AvgIpc) is 2.50. The molecule has 4 heteroatoms. The molecule has 4 nitrogen and oxygen atoms in total. The number of nitrogens with zero attached hydrogens (tertiary/aromatic N) is 1. The van der Waals surface area contributed by atoms with E-state index in [9.17, 15) is 4.79 Å². The number of hydrogen-bond donors (Lipinski definition) is 2. The van der Waals surface area contributed by atoms with Crippen LogP contribution >= 0.6 is 0 Å². The van der Waals surface area contributed by atoms with Crippen LogP contribution in [0.3, 0.4) is 0 Å². The number of carbonyl (C=O) groups excluding carboxylic acids is 1. The first kappa shape index (κ1) is 16.0. The van der Waals surface area contributed by atoms with E-state index >= 15 is 0 Å². The van der Waals surface area contributed by atoms with Gasteiger partial charge in [-0.2, -0.15) is 0 Å². The van der Waals surface area contributed by atoms with E-state index in [4.69, 9.17) is 0 Å². The van der Waals surface area contributed by atoms with Gasteiger partial charge in [-0.1, -0.05) is 24.6 Å². The van der Waals surface area contributed by atoms with Crippen LogP contribution in [0.1, 0.15) is 41.9 Å². The maximum Gasteiger partial charge on any atom is 0.270 e. The van der Waals surface area contributed by atoms with E-state index in [0.29, 0.717) is 5.69 Å². The molecule has 1 aromatic heterocycles. The van der Waals surface area contributed by atoms with Gasteiger partial charge < -0.3 is 10.6 Å². The molecule has 2 rings (SSSR count). The lowest BCUT2D eigenvalue weighted by Crippen LogP contribution is -2.32. The highest BCUT2D eigenvalue weighted by Gasteiger charge is 2.09. The minimum atomic E-state index is -0.132. The van der Waals surface area contributed by atoms with E-state index in [1.807, 2.05) is 26.0 Å². The Kier molecular flexibility index (Phi) is 5.15. The first-order chi connectivity index (χ1) is 10.5. The molecule has 0 fully saturated rings. The molecule has 0 radical (unpaired) electrons. The number of benzene rings is 1. The quantitative estimate of drug-likeness (QED) is 0.878. The molecule has 0 saturated heterocycles. The van der Waals surface area contributed by atoms with Gasteiger partial charge >= 0.3 is 0 Å². The number of pyridine rings is 1. The van der Waals surface area contributed by atoms with Crippen LogP contribution < -0.4 is 10.6 Å². The van der Waals surface area contributed by atoms with Gasteiger partial charge in [0.2, 0.25) is 0 Å². The number of hydrogen-bond acceptors (Lipinski definition) is 3. The van der Waals surface area contributed by atoms with Crippen LogP contribution in [0.2, 0.25) is 0 Å². The Morgan fingerprint density at radius 3 is 2.59 bits per heavy atom. The molecule has 2 aromatic rings. The third kappa shape index (κ3) is 4.07. The van der Waals surface area contributed by atoms with Crippen LogP contribution in [0.25, 0.3) is 0 Å². The van der Waals surface area contributed by atoms with Crippen molar-refractivity contribution in [2.75, 3.05) is 5.32 Å². The summed E-state index contributed by atoms with van der Waals surface area (Å²) < 4.78 is 0. The molecular weight excluding hydrogens is 274 g/mol. The number of nitrogens with one attached hydrogen (secondary N) is 2. The Morgan fingerprint density at radius 1 is 1.23 bits per heavy atom. The van der Waals surface area contributed by atoms with Crippen molar-refractivity contribution in [1.29, 1.82) is 0 Å². The number of amides is 1. The predicted molar refractivity (Wildman–Crippen MR) is 90.7 cm³/mol. The molecule has 1 amide bonds. The molecule has 22 heavy (non-hydrogen) atoms. The highest BCUT2D eigenvalue weighted by molar-refractivity contribution is 5.92. The SMILES string of the molecule is CCC(C)NC(=O)c1ccc(Nc2ccc(C)cc2C)cn1. The lowest BCUT2D eigenvalue weighted by Gasteiger charge is -2.12. The summed E-state index contributed by atoms with van der Waals surface area (Å²) in [5, 5.41) is 6.23. The van der Waals surface area contributed by atoms with Crippen LogP contribution in [0.5, 0.6) is 0 Å². The topological polar surface area (TPSA) is 54.0 Å². The van der Waals surface area contributed by atoms with Gasteiger partial charge in [-0.05, 0) is 51.0 Å². The standard InChI is InChI=1S/C18H23N3O/c1-5-14(4)20-18(22)17-9-7-15(11-19-17)21-16-8-6-12(2)10-13(16)3/h6-11,14,21H,5H2,1-4H3,(H,20,22). The monoisotopic (exact) mass is 297 g/mol. The molecule has 0 bridgehead atoms. The first-order valence-electron chi connectivity index (χ1n) is 7.60. The third-order valence-corrected chi connectivity index (χ3v) is 3.65. The van der Waals surface area contributed by atoms with E-state index in [0.717, 1.165) is 17.8 Å². The average molecular weight is 297 g/mol. The van der Waals surface area contributed by atoms with E-state index < -0.39 is 0 Å². The maximum absolute atomic E-state index is 12.0. The lowest BCUT2D eigenvalue weighted by atomic mass is 10.1. The highest BCUT2D eigenvalue weighted by atomic mass is 16.1. The Labute approximate surface area is 132 Å². The van der Waals surface area contributed by atoms with Gasteiger partial charge in [0.05, 0.1) is 11.9 Å². The maximum atomic E-state index is 12.0. The van der Waals surface area contributed by atoms with Crippen LogP contribution in [0.15, 0.2) is 36.5 Å². The van der Waals surface area contributed by atoms with Crippen molar-refractivity contribution in [3.8, 4) is 0 Å². The molecule has 2 N–H and O–H groups in total. The van der Waals surface area contributed by atoms with Gasteiger partial charge in [0.25, 0.3) is 5.91 Å². The fraction of sp³-hybridized carbons (Fsp3) is 0.333. The lowest BCUT2D eigenvalue weighted by molar-refractivity contribution is 0.0934. The predicted octanol–water partition coefficient (Wildman–Crippen LogP) is 3.97. The third-order valence-electron chi connectivity index (χ3n) is 3.65. The van der Waals surface area contributed by atoms with E-state index in [-0.39, 0.29) is 11.9 Å². The molecule has 0 aliphatic rings. The van der Waals surface area contributed by atoms with Crippen molar-refractivity contribution in [2.24, 2.45) is 0 Å². The molecule has 116 valence electrons. The zero-order chi connectivity index (χ0) is 16.1. The molecule has 1 aromatic carbocycles. The summed E-state index contributed by atoms with van der Waals surface area (Å²) >= 11 is 0. The van der Waals surface area contributed by atoms with Gasteiger partial charge in [0.1, 0.15) is 5.69 Å². The van der Waals surface area contributed by atoms with Gasteiger partial charge in [0.15, 0.2) is 0 Å². The fourth-order valence-corrected chi connectivity index (χ4v) is 2.11. The molecule has 1 heterocycles. The number of aryl methyl sites for hydroxylation is 2. The Hall–Kier alpha value is -2.36. The van der Waals surface area contributed by atoms with Crippen LogP contribution in [0, 0.1) is 13.8 Å².